The number of carbonyl (C=O) groups excluding carboxylic acids is 2. The molecule has 1 aromatic heterocycles. The molecule has 8 nitrogen and oxygen atoms in total. The van der Waals surface area contributed by atoms with E-state index < -0.39 is 11.9 Å². The first-order chi connectivity index (χ1) is 17.3. The molecule has 1 aliphatic heterocycles. The number of hydrogen-bond donors (Lipinski definition) is 1. The van der Waals surface area contributed by atoms with E-state index in [9.17, 15) is 14.4 Å². The summed E-state index contributed by atoms with van der Waals surface area (Å²) >= 11 is 5.96. The van der Waals surface area contributed by atoms with Gasteiger partial charge in [0.05, 0.1) is 13.7 Å². The number of rotatable bonds is 8. The minimum Gasteiger partial charge on any atom is -0.497 e. The van der Waals surface area contributed by atoms with Crippen LogP contribution in [0.25, 0.3) is 0 Å². The van der Waals surface area contributed by atoms with Crippen molar-refractivity contribution < 1.29 is 19.1 Å². The summed E-state index contributed by atoms with van der Waals surface area (Å²) in [7, 11) is 3.15. The van der Waals surface area contributed by atoms with Crippen LogP contribution in [0.5, 0.6) is 5.75 Å². The molecule has 3 aromatic rings. The number of anilines is 1. The molecule has 1 aliphatic rings. The number of benzene rings is 2. The third-order valence-electron chi connectivity index (χ3n) is 6.40. The molecule has 4 rings (SSSR count). The number of amides is 2. The highest BCUT2D eigenvalue weighted by molar-refractivity contribution is 6.30. The van der Waals surface area contributed by atoms with Gasteiger partial charge in [-0.1, -0.05) is 23.7 Å². The Morgan fingerprint density at radius 2 is 1.75 bits per heavy atom. The molecule has 1 unspecified atom stereocenters. The van der Waals surface area contributed by atoms with Gasteiger partial charge >= 0.3 is 0 Å². The second kappa shape index (κ2) is 11.0. The highest BCUT2D eigenvalue weighted by Gasteiger charge is 2.44. The molecule has 0 radical (unpaired) electrons. The van der Waals surface area contributed by atoms with Crippen LogP contribution >= 0.6 is 11.6 Å². The first kappa shape index (κ1) is 25.5. The fraction of sp³-hybridized carbons (Fsp3) is 0.296. The first-order valence-corrected chi connectivity index (χ1v) is 11.9. The zero-order valence-corrected chi connectivity index (χ0v) is 21.1. The molecule has 0 aliphatic carbocycles. The Morgan fingerprint density at radius 3 is 2.39 bits per heavy atom. The molecule has 0 bridgehead atoms. The largest absolute Gasteiger partial charge is 0.497 e. The summed E-state index contributed by atoms with van der Waals surface area (Å²) in [6.45, 7) is 2.77. The highest BCUT2D eigenvalue weighted by atomic mass is 35.5. The number of ether oxygens (including phenoxy) is 2. The van der Waals surface area contributed by atoms with Crippen molar-refractivity contribution in [2.45, 2.75) is 25.4 Å². The van der Waals surface area contributed by atoms with Crippen molar-refractivity contribution in [1.82, 2.24) is 9.88 Å². The van der Waals surface area contributed by atoms with Gasteiger partial charge in [-0.05, 0) is 60.5 Å². The van der Waals surface area contributed by atoms with Crippen molar-refractivity contribution in [2.24, 2.45) is 0 Å². The lowest BCUT2D eigenvalue weighted by molar-refractivity contribution is -0.118. The fourth-order valence-corrected chi connectivity index (χ4v) is 4.54. The van der Waals surface area contributed by atoms with Crippen LogP contribution < -0.4 is 20.5 Å². The summed E-state index contributed by atoms with van der Waals surface area (Å²) in [6, 6.07) is 14.8. The zero-order valence-electron chi connectivity index (χ0n) is 20.4. The third kappa shape index (κ3) is 5.15. The number of nitrogens with zero attached hydrogens (tertiary/aromatic N) is 2. The van der Waals surface area contributed by atoms with E-state index in [4.69, 9.17) is 21.1 Å². The van der Waals surface area contributed by atoms with Crippen LogP contribution in [-0.4, -0.2) is 49.8 Å². The lowest BCUT2D eigenvalue weighted by Gasteiger charge is -2.20. The topological polar surface area (TPSA) is 89.9 Å². The summed E-state index contributed by atoms with van der Waals surface area (Å²) in [6.07, 6.45) is 1.70. The standard InChI is InChI=1S/C27H28ClN3O5/c1-17-12-13-30(14-15-35-2)27(34)24(17)31-16-22(18-6-10-21(36-3)11-7-18)23(26(31)33)29-25(32)19-4-8-20(28)9-5-19/h4-13,22-23H,14-16H2,1-3H3,(H,29,32)/t22-,23?/m0/s1. The summed E-state index contributed by atoms with van der Waals surface area (Å²) in [5, 5.41) is 3.41. The van der Waals surface area contributed by atoms with Crippen molar-refractivity contribution in [2.75, 3.05) is 32.3 Å². The third-order valence-corrected chi connectivity index (χ3v) is 6.65. The Balaban J connectivity index is 1.72. The lowest BCUT2D eigenvalue weighted by Crippen LogP contribution is -2.44. The lowest BCUT2D eigenvalue weighted by atomic mass is 9.93. The molecule has 2 amide bonds. The van der Waals surface area contributed by atoms with Crippen molar-refractivity contribution >= 4 is 29.1 Å². The Kier molecular flexibility index (Phi) is 7.76. The van der Waals surface area contributed by atoms with E-state index >= 15 is 0 Å². The van der Waals surface area contributed by atoms with Crippen LogP contribution in [0.3, 0.4) is 0 Å². The maximum Gasteiger partial charge on any atom is 0.274 e. The summed E-state index contributed by atoms with van der Waals surface area (Å²) in [5.74, 6) is -0.441. The van der Waals surface area contributed by atoms with E-state index in [0.29, 0.717) is 40.7 Å². The normalized spacial score (nSPS) is 17.3. The average Bonchev–Trinajstić information content (AvgIpc) is 3.19. The SMILES string of the molecule is COCCn1ccc(C)c(N2C[C@@H](c3ccc(OC)cc3)C(NC(=O)c3ccc(Cl)cc3)C2=O)c1=O. The van der Waals surface area contributed by atoms with Crippen LogP contribution in [0, 0.1) is 6.92 Å². The molecule has 9 heteroatoms. The molecule has 2 atom stereocenters. The van der Waals surface area contributed by atoms with E-state index in [0.717, 1.165) is 5.56 Å². The van der Waals surface area contributed by atoms with Crippen molar-refractivity contribution in [3.05, 3.63) is 92.9 Å². The van der Waals surface area contributed by atoms with Crippen LogP contribution in [0.15, 0.2) is 65.6 Å². The second-order valence-corrected chi connectivity index (χ2v) is 9.06. The van der Waals surface area contributed by atoms with Crippen LogP contribution in [0.4, 0.5) is 5.69 Å². The van der Waals surface area contributed by atoms with Crippen LogP contribution in [-0.2, 0) is 16.1 Å². The van der Waals surface area contributed by atoms with Gasteiger partial charge < -0.3 is 24.3 Å². The number of halogens is 1. The van der Waals surface area contributed by atoms with Gasteiger partial charge in [0.15, 0.2) is 0 Å². The van der Waals surface area contributed by atoms with Gasteiger partial charge in [-0.15, -0.1) is 0 Å². The van der Waals surface area contributed by atoms with E-state index in [1.54, 1.807) is 51.6 Å². The average molecular weight is 510 g/mol. The van der Waals surface area contributed by atoms with Crippen molar-refractivity contribution in [1.29, 1.82) is 0 Å². The minimum atomic E-state index is -0.868. The monoisotopic (exact) mass is 509 g/mol. The Hall–Kier alpha value is -3.62. The first-order valence-electron chi connectivity index (χ1n) is 11.5. The number of hydrogen-bond acceptors (Lipinski definition) is 5. The Labute approximate surface area is 214 Å². The van der Waals surface area contributed by atoms with Gasteiger partial charge in [-0.2, -0.15) is 0 Å². The quantitative estimate of drug-likeness (QED) is 0.502. The summed E-state index contributed by atoms with van der Waals surface area (Å²) < 4.78 is 11.9. The predicted molar refractivity (Wildman–Crippen MR) is 138 cm³/mol. The fourth-order valence-electron chi connectivity index (χ4n) is 4.42. The van der Waals surface area contributed by atoms with E-state index in [2.05, 4.69) is 5.32 Å². The molecular formula is C27H28ClN3O5. The number of aromatic nitrogens is 1. The molecule has 1 fully saturated rings. The molecule has 188 valence electrons. The number of aryl methyl sites for hydroxylation is 1. The van der Waals surface area contributed by atoms with Crippen LogP contribution in [0.1, 0.15) is 27.4 Å². The van der Waals surface area contributed by atoms with Gasteiger partial charge in [0, 0.05) is 42.9 Å². The van der Waals surface area contributed by atoms with Gasteiger partial charge in [0.1, 0.15) is 17.5 Å². The maximum atomic E-state index is 13.8. The van der Waals surface area contributed by atoms with Gasteiger partial charge in [-0.3, -0.25) is 14.4 Å². The van der Waals surface area contributed by atoms with E-state index in [1.165, 1.54) is 9.47 Å². The predicted octanol–water partition coefficient (Wildman–Crippen LogP) is 3.39. The highest BCUT2D eigenvalue weighted by Crippen LogP contribution is 2.33. The number of nitrogens with one attached hydrogen (secondary N) is 1. The molecule has 2 aromatic carbocycles. The summed E-state index contributed by atoms with van der Waals surface area (Å²) in [5.41, 5.74) is 1.94. The van der Waals surface area contributed by atoms with Crippen molar-refractivity contribution in [3.8, 4) is 5.75 Å². The van der Waals surface area contributed by atoms with E-state index in [1.807, 2.05) is 30.3 Å². The Morgan fingerprint density at radius 1 is 1.06 bits per heavy atom. The van der Waals surface area contributed by atoms with Gasteiger partial charge in [-0.25, -0.2) is 0 Å². The zero-order chi connectivity index (χ0) is 25.8. The maximum absolute atomic E-state index is 13.8. The smallest absolute Gasteiger partial charge is 0.274 e. The molecule has 1 N–H and O–H groups in total. The number of pyridine rings is 1. The molecule has 36 heavy (non-hydrogen) atoms. The molecule has 0 spiro atoms. The Bertz CT molecular complexity index is 1300. The second-order valence-electron chi connectivity index (χ2n) is 8.63. The molecule has 1 saturated heterocycles. The number of carbonyl (C=O) groups is 2. The molecule has 0 saturated carbocycles. The van der Waals surface area contributed by atoms with Gasteiger partial charge in [0.25, 0.3) is 11.5 Å². The van der Waals surface area contributed by atoms with Gasteiger partial charge in [0.2, 0.25) is 5.91 Å². The molecular weight excluding hydrogens is 482 g/mol. The van der Waals surface area contributed by atoms with Crippen molar-refractivity contribution in [3.63, 3.8) is 0 Å². The molecule has 2 heterocycles. The van der Waals surface area contributed by atoms with Crippen LogP contribution in [0.2, 0.25) is 5.02 Å². The van der Waals surface area contributed by atoms with E-state index in [-0.39, 0.29) is 23.9 Å². The minimum absolute atomic E-state index is 0.237. The summed E-state index contributed by atoms with van der Waals surface area (Å²) in [4.78, 5) is 41.6. The number of methoxy groups -OCH3 is 2.